The van der Waals surface area contributed by atoms with Crippen LogP contribution >= 0.6 is 0 Å². The molecule has 0 spiro atoms. The van der Waals surface area contributed by atoms with Crippen LogP contribution in [-0.2, 0) is 6.54 Å². The molecule has 0 atom stereocenters. The van der Waals surface area contributed by atoms with Crippen LogP contribution in [0.1, 0.15) is 46.2 Å². The van der Waals surface area contributed by atoms with Gasteiger partial charge in [0.2, 0.25) is 5.95 Å². The molecule has 1 N–H and O–H groups in total. The van der Waals surface area contributed by atoms with E-state index in [4.69, 9.17) is 0 Å². The van der Waals surface area contributed by atoms with E-state index in [0.717, 1.165) is 30.6 Å². The smallest absolute Gasteiger partial charge is 0.203 e. The lowest BCUT2D eigenvalue weighted by atomic mass is 10.0. The van der Waals surface area contributed by atoms with Crippen molar-refractivity contribution in [3.63, 3.8) is 0 Å². The van der Waals surface area contributed by atoms with Crippen molar-refractivity contribution in [1.29, 1.82) is 0 Å². The first-order valence-electron chi connectivity index (χ1n) is 6.84. The van der Waals surface area contributed by atoms with Gasteiger partial charge in [0.1, 0.15) is 0 Å². The zero-order valence-corrected chi connectivity index (χ0v) is 12.0. The van der Waals surface area contributed by atoms with Crippen LogP contribution in [0.2, 0.25) is 0 Å². The van der Waals surface area contributed by atoms with E-state index in [0.29, 0.717) is 5.92 Å². The molecule has 3 heteroatoms. The highest BCUT2D eigenvalue weighted by Gasteiger charge is 2.09. The van der Waals surface area contributed by atoms with Crippen LogP contribution in [0, 0.1) is 18.8 Å². The third-order valence-corrected chi connectivity index (χ3v) is 3.16. The zero-order valence-electron chi connectivity index (χ0n) is 12.0. The van der Waals surface area contributed by atoms with E-state index < -0.39 is 0 Å². The van der Waals surface area contributed by atoms with Gasteiger partial charge < -0.3 is 9.88 Å². The predicted octanol–water partition coefficient (Wildman–Crippen LogP) is 3.70. The maximum absolute atomic E-state index is 4.56. The molecule has 3 nitrogen and oxygen atoms in total. The largest absolute Gasteiger partial charge is 0.355 e. The Balaban J connectivity index is 2.63. The first kappa shape index (κ1) is 14.1. The summed E-state index contributed by atoms with van der Waals surface area (Å²) in [6, 6.07) is 0. The molecule has 0 aliphatic carbocycles. The summed E-state index contributed by atoms with van der Waals surface area (Å²) in [5.41, 5.74) is 1.10. The topological polar surface area (TPSA) is 29.9 Å². The lowest BCUT2D eigenvalue weighted by Crippen LogP contribution is -2.16. The average molecular weight is 237 g/mol. The maximum atomic E-state index is 4.56. The minimum atomic E-state index is 0.650. The van der Waals surface area contributed by atoms with Gasteiger partial charge in [-0.15, -0.1) is 0 Å². The average Bonchev–Trinajstić information content (AvgIpc) is 2.59. The Morgan fingerprint density at radius 1 is 1.29 bits per heavy atom. The third kappa shape index (κ3) is 4.41. The van der Waals surface area contributed by atoms with E-state index in [9.17, 15) is 0 Å². The summed E-state index contributed by atoms with van der Waals surface area (Å²) in [6.45, 7) is 13.1. The number of aryl methyl sites for hydroxylation is 1. The molecule has 0 radical (unpaired) electrons. The number of aromatic nitrogens is 2. The maximum Gasteiger partial charge on any atom is 0.203 e. The SMILES string of the molecule is CCC(CC)CNc1nc(C)cn1CC(C)C. The lowest BCUT2D eigenvalue weighted by Gasteiger charge is -2.15. The van der Waals surface area contributed by atoms with Gasteiger partial charge in [-0.05, 0) is 18.8 Å². The Morgan fingerprint density at radius 2 is 1.94 bits per heavy atom. The van der Waals surface area contributed by atoms with Crippen LogP contribution in [0.5, 0.6) is 0 Å². The molecule has 1 rings (SSSR count). The number of nitrogens with one attached hydrogen (secondary N) is 1. The van der Waals surface area contributed by atoms with Crippen molar-refractivity contribution in [2.75, 3.05) is 11.9 Å². The molecule has 1 heterocycles. The Hall–Kier alpha value is -0.990. The molecule has 0 aromatic carbocycles. The molecule has 0 aliphatic rings. The second-order valence-corrected chi connectivity index (χ2v) is 5.32. The van der Waals surface area contributed by atoms with E-state index in [1.807, 2.05) is 0 Å². The number of nitrogens with zero attached hydrogens (tertiary/aromatic N) is 2. The summed E-state index contributed by atoms with van der Waals surface area (Å²) < 4.78 is 2.24. The van der Waals surface area contributed by atoms with Gasteiger partial charge in [-0.25, -0.2) is 4.98 Å². The summed E-state index contributed by atoms with van der Waals surface area (Å²) in [4.78, 5) is 4.56. The van der Waals surface area contributed by atoms with Crippen molar-refractivity contribution < 1.29 is 0 Å². The quantitative estimate of drug-likeness (QED) is 0.783. The van der Waals surface area contributed by atoms with E-state index in [2.05, 4.69) is 55.7 Å². The molecule has 17 heavy (non-hydrogen) atoms. The van der Waals surface area contributed by atoms with Crippen LogP contribution in [0.4, 0.5) is 5.95 Å². The van der Waals surface area contributed by atoms with E-state index in [1.54, 1.807) is 0 Å². The van der Waals surface area contributed by atoms with Crippen molar-refractivity contribution in [3.05, 3.63) is 11.9 Å². The molecule has 98 valence electrons. The molecular formula is C14H27N3. The molecule has 0 fully saturated rings. The van der Waals surface area contributed by atoms with Gasteiger partial charge in [0, 0.05) is 19.3 Å². The van der Waals surface area contributed by atoms with Gasteiger partial charge in [-0.1, -0.05) is 40.5 Å². The fourth-order valence-electron chi connectivity index (χ4n) is 2.03. The summed E-state index contributed by atoms with van der Waals surface area (Å²) in [6.07, 6.45) is 4.59. The number of imidazole rings is 1. The molecule has 0 aliphatic heterocycles. The number of hydrogen-bond acceptors (Lipinski definition) is 2. The van der Waals surface area contributed by atoms with Gasteiger partial charge >= 0.3 is 0 Å². The molecule has 0 bridgehead atoms. The molecular weight excluding hydrogens is 210 g/mol. The van der Waals surface area contributed by atoms with Crippen molar-refractivity contribution in [3.8, 4) is 0 Å². The normalized spacial score (nSPS) is 11.5. The molecule has 1 aromatic rings. The van der Waals surface area contributed by atoms with E-state index in [-0.39, 0.29) is 0 Å². The Morgan fingerprint density at radius 3 is 2.47 bits per heavy atom. The number of rotatable bonds is 7. The first-order valence-corrected chi connectivity index (χ1v) is 6.84. The third-order valence-electron chi connectivity index (χ3n) is 3.16. The van der Waals surface area contributed by atoms with Gasteiger partial charge in [0.25, 0.3) is 0 Å². The predicted molar refractivity (Wildman–Crippen MR) is 74.4 cm³/mol. The highest BCUT2D eigenvalue weighted by atomic mass is 15.2. The molecule has 0 saturated heterocycles. The van der Waals surface area contributed by atoms with Crippen LogP contribution in [0.15, 0.2) is 6.20 Å². The second kappa shape index (κ2) is 6.67. The second-order valence-electron chi connectivity index (χ2n) is 5.32. The van der Waals surface area contributed by atoms with Crippen LogP contribution in [0.25, 0.3) is 0 Å². The fourth-order valence-corrected chi connectivity index (χ4v) is 2.03. The summed E-state index contributed by atoms with van der Waals surface area (Å²) >= 11 is 0. The van der Waals surface area contributed by atoms with Crippen LogP contribution in [0.3, 0.4) is 0 Å². The standard InChI is InChI=1S/C14H27N3/c1-6-13(7-2)8-15-14-16-12(5)10-17(14)9-11(3)4/h10-11,13H,6-9H2,1-5H3,(H,15,16). The fraction of sp³-hybridized carbons (Fsp3) is 0.786. The van der Waals surface area contributed by atoms with Crippen LogP contribution < -0.4 is 5.32 Å². The highest BCUT2D eigenvalue weighted by molar-refractivity contribution is 5.28. The minimum absolute atomic E-state index is 0.650. The molecule has 0 saturated carbocycles. The highest BCUT2D eigenvalue weighted by Crippen LogP contribution is 2.14. The molecule has 0 amide bonds. The van der Waals surface area contributed by atoms with Gasteiger partial charge in [0.05, 0.1) is 5.69 Å². The van der Waals surface area contributed by atoms with Crippen molar-refractivity contribution >= 4 is 5.95 Å². The van der Waals surface area contributed by atoms with E-state index in [1.165, 1.54) is 12.8 Å². The zero-order chi connectivity index (χ0) is 12.8. The van der Waals surface area contributed by atoms with Crippen LogP contribution in [-0.4, -0.2) is 16.1 Å². The summed E-state index contributed by atoms with van der Waals surface area (Å²) in [7, 11) is 0. The molecule has 0 unspecified atom stereocenters. The van der Waals surface area contributed by atoms with Crippen molar-refractivity contribution in [2.45, 2.75) is 54.0 Å². The van der Waals surface area contributed by atoms with E-state index >= 15 is 0 Å². The van der Waals surface area contributed by atoms with Gasteiger partial charge in [-0.2, -0.15) is 0 Å². The minimum Gasteiger partial charge on any atom is -0.355 e. The Kier molecular flexibility index (Phi) is 5.52. The monoisotopic (exact) mass is 237 g/mol. The summed E-state index contributed by atoms with van der Waals surface area (Å²) in [5.74, 6) is 2.43. The van der Waals surface area contributed by atoms with Crippen molar-refractivity contribution in [2.24, 2.45) is 11.8 Å². The lowest BCUT2D eigenvalue weighted by molar-refractivity contribution is 0.504. The summed E-state index contributed by atoms with van der Waals surface area (Å²) in [5, 5.41) is 3.49. The Bertz CT molecular complexity index is 324. The first-order chi connectivity index (χ1) is 8.06. The molecule has 1 aromatic heterocycles. The Labute approximate surface area is 106 Å². The van der Waals surface area contributed by atoms with Crippen molar-refractivity contribution in [1.82, 2.24) is 9.55 Å². The van der Waals surface area contributed by atoms with Gasteiger partial charge in [0.15, 0.2) is 0 Å². The number of hydrogen-bond donors (Lipinski definition) is 1. The number of anilines is 1. The van der Waals surface area contributed by atoms with Gasteiger partial charge in [-0.3, -0.25) is 0 Å².